The summed E-state index contributed by atoms with van der Waals surface area (Å²) in [7, 11) is 0. The van der Waals surface area contributed by atoms with E-state index in [-0.39, 0.29) is 71.3 Å². The number of carboxylic acids is 1. The van der Waals surface area contributed by atoms with Gasteiger partial charge >= 0.3 is 65.1 Å². The third-order valence-corrected chi connectivity index (χ3v) is 1.71. The van der Waals surface area contributed by atoms with E-state index in [1.165, 1.54) is 12.1 Å². The zero-order chi connectivity index (χ0) is 9.84. The first kappa shape index (κ1) is 17.8. The SMILES string of the molecule is NC(Cc1ccc(O)cc1)C(=O)O.[NaH].[NaH]. The number of hydrogen-bond acceptors (Lipinski definition) is 3. The quantitative estimate of drug-likeness (QED) is 0.583. The Labute approximate surface area is 132 Å². The van der Waals surface area contributed by atoms with Crippen molar-refractivity contribution in [3.63, 3.8) is 0 Å². The van der Waals surface area contributed by atoms with Crippen molar-refractivity contribution in [3.05, 3.63) is 29.8 Å². The molecule has 4 nitrogen and oxygen atoms in total. The van der Waals surface area contributed by atoms with E-state index in [0.29, 0.717) is 0 Å². The van der Waals surface area contributed by atoms with Gasteiger partial charge in [-0.15, -0.1) is 0 Å². The molecule has 15 heavy (non-hydrogen) atoms. The molecule has 1 aromatic carbocycles. The average Bonchev–Trinajstić information content (AvgIpc) is 2.08. The Morgan fingerprint density at radius 1 is 1.27 bits per heavy atom. The first-order valence-corrected chi connectivity index (χ1v) is 3.86. The minimum atomic E-state index is -1.02. The van der Waals surface area contributed by atoms with Crippen molar-refractivity contribution in [2.24, 2.45) is 5.73 Å². The molecule has 1 atom stereocenters. The van der Waals surface area contributed by atoms with Gasteiger partial charge in [0, 0.05) is 0 Å². The van der Waals surface area contributed by atoms with Gasteiger partial charge in [-0.2, -0.15) is 0 Å². The number of benzene rings is 1. The van der Waals surface area contributed by atoms with E-state index in [1.54, 1.807) is 12.1 Å². The molecule has 0 aliphatic carbocycles. The van der Waals surface area contributed by atoms with Crippen molar-refractivity contribution in [1.82, 2.24) is 0 Å². The van der Waals surface area contributed by atoms with Crippen molar-refractivity contribution in [3.8, 4) is 5.75 Å². The minimum absolute atomic E-state index is 0. The summed E-state index contributed by atoms with van der Waals surface area (Å²) in [6.07, 6.45) is 0.273. The number of carbonyl (C=O) groups is 1. The fourth-order valence-electron chi connectivity index (χ4n) is 0.973. The molecule has 0 radical (unpaired) electrons. The summed E-state index contributed by atoms with van der Waals surface area (Å²) in [6, 6.07) is 5.42. The Morgan fingerprint density at radius 2 is 1.73 bits per heavy atom. The molecule has 0 aliphatic heterocycles. The molecule has 74 valence electrons. The molecule has 0 spiro atoms. The number of hydrogen-bond donors (Lipinski definition) is 3. The fourth-order valence-corrected chi connectivity index (χ4v) is 0.973. The molecule has 1 rings (SSSR count). The third-order valence-electron chi connectivity index (χ3n) is 1.71. The Balaban J connectivity index is 0. The van der Waals surface area contributed by atoms with Gasteiger partial charge in [0.2, 0.25) is 0 Å². The summed E-state index contributed by atoms with van der Waals surface area (Å²) in [6.45, 7) is 0. The average molecular weight is 229 g/mol. The van der Waals surface area contributed by atoms with E-state index >= 15 is 0 Å². The van der Waals surface area contributed by atoms with Crippen LogP contribution in [0.1, 0.15) is 5.56 Å². The summed E-state index contributed by atoms with van der Waals surface area (Å²) in [5.74, 6) is -0.860. The van der Waals surface area contributed by atoms with Gasteiger partial charge in [0.25, 0.3) is 0 Å². The number of carboxylic acid groups (broad SMARTS) is 1. The predicted octanol–water partition coefficient (Wildman–Crippen LogP) is -0.950. The molecule has 1 aromatic rings. The third kappa shape index (κ3) is 6.58. The van der Waals surface area contributed by atoms with E-state index in [2.05, 4.69) is 0 Å². The second-order valence-corrected chi connectivity index (χ2v) is 2.82. The van der Waals surface area contributed by atoms with E-state index in [9.17, 15) is 4.79 Å². The van der Waals surface area contributed by atoms with Crippen LogP contribution in [-0.2, 0) is 11.2 Å². The van der Waals surface area contributed by atoms with Gasteiger partial charge in [0.05, 0.1) is 0 Å². The van der Waals surface area contributed by atoms with Crippen LogP contribution in [0.4, 0.5) is 0 Å². The number of rotatable bonds is 3. The number of nitrogens with two attached hydrogens (primary N) is 1. The van der Waals surface area contributed by atoms with Crippen molar-refractivity contribution in [1.29, 1.82) is 0 Å². The van der Waals surface area contributed by atoms with E-state index in [1.807, 2.05) is 0 Å². The van der Waals surface area contributed by atoms with Crippen LogP contribution in [0.2, 0.25) is 0 Å². The topological polar surface area (TPSA) is 83.5 Å². The van der Waals surface area contributed by atoms with Crippen LogP contribution >= 0.6 is 0 Å². The molecule has 0 heterocycles. The second kappa shape index (κ2) is 8.58. The maximum absolute atomic E-state index is 10.4. The fraction of sp³-hybridized carbons (Fsp3) is 0.222. The Kier molecular flexibility index (Phi) is 10.2. The predicted molar refractivity (Wildman–Crippen MR) is 61.7 cm³/mol. The van der Waals surface area contributed by atoms with Crippen LogP contribution in [0.25, 0.3) is 0 Å². The molecular formula is C9H13NNa2O3. The van der Waals surface area contributed by atoms with Gasteiger partial charge in [0.15, 0.2) is 0 Å². The summed E-state index contributed by atoms with van der Waals surface area (Å²) >= 11 is 0. The van der Waals surface area contributed by atoms with Crippen molar-refractivity contribution in [2.75, 3.05) is 0 Å². The van der Waals surface area contributed by atoms with Crippen LogP contribution in [0.5, 0.6) is 5.75 Å². The van der Waals surface area contributed by atoms with Crippen LogP contribution in [0, 0.1) is 0 Å². The van der Waals surface area contributed by atoms with Gasteiger partial charge in [-0.05, 0) is 24.1 Å². The van der Waals surface area contributed by atoms with Gasteiger partial charge in [-0.1, -0.05) is 12.1 Å². The molecule has 0 bridgehead atoms. The van der Waals surface area contributed by atoms with E-state index in [0.717, 1.165) is 5.56 Å². The first-order valence-electron chi connectivity index (χ1n) is 3.86. The summed E-state index contributed by atoms with van der Waals surface area (Å²) < 4.78 is 0. The normalized spacial score (nSPS) is 10.7. The summed E-state index contributed by atoms with van der Waals surface area (Å²) in [5, 5.41) is 17.5. The molecular weight excluding hydrogens is 216 g/mol. The molecule has 4 N–H and O–H groups in total. The van der Waals surface area contributed by atoms with Crippen LogP contribution in [0.15, 0.2) is 24.3 Å². The van der Waals surface area contributed by atoms with Crippen LogP contribution < -0.4 is 5.73 Å². The van der Waals surface area contributed by atoms with E-state index in [4.69, 9.17) is 15.9 Å². The number of phenols is 1. The maximum atomic E-state index is 10.4. The monoisotopic (exact) mass is 229 g/mol. The number of phenolic OH excluding ortho intramolecular Hbond substituents is 1. The standard InChI is InChI=1S/C9H11NO3.2Na.2H/c10-8(9(12)13)5-6-1-3-7(11)4-2-6;;;;/h1-4,8,11H,5,10H2,(H,12,13);;;;. The van der Waals surface area contributed by atoms with Crippen molar-refractivity contribution >= 4 is 65.1 Å². The molecule has 0 saturated carbocycles. The Hall–Kier alpha value is 0.450. The molecule has 0 aliphatic rings. The molecule has 0 amide bonds. The number of aromatic hydroxyl groups is 1. The van der Waals surface area contributed by atoms with Crippen LogP contribution in [-0.4, -0.2) is 81.3 Å². The van der Waals surface area contributed by atoms with E-state index < -0.39 is 12.0 Å². The molecule has 0 fully saturated rings. The van der Waals surface area contributed by atoms with Gasteiger partial charge in [-0.25, -0.2) is 0 Å². The molecule has 1 unspecified atom stereocenters. The van der Waals surface area contributed by atoms with Crippen molar-refractivity contribution < 1.29 is 15.0 Å². The zero-order valence-electron chi connectivity index (χ0n) is 6.97. The Bertz CT molecular complexity index is 303. The zero-order valence-corrected chi connectivity index (χ0v) is 6.97. The van der Waals surface area contributed by atoms with Crippen molar-refractivity contribution in [2.45, 2.75) is 12.5 Å². The van der Waals surface area contributed by atoms with Gasteiger partial charge in [-0.3, -0.25) is 4.79 Å². The molecule has 0 saturated heterocycles. The van der Waals surface area contributed by atoms with Crippen LogP contribution in [0.3, 0.4) is 0 Å². The Morgan fingerprint density at radius 3 is 2.13 bits per heavy atom. The molecule has 0 aromatic heterocycles. The second-order valence-electron chi connectivity index (χ2n) is 2.82. The first-order chi connectivity index (χ1) is 6.09. The van der Waals surface area contributed by atoms with Gasteiger partial charge < -0.3 is 15.9 Å². The number of aliphatic carboxylic acids is 1. The van der Waals surface area contributed by atoms with Gasteiger partial charge in [0.1, 0.15) is 11.8 Å². The summed E-state index contributed by atoms with van der Waals surface area (Å²) in [4.78, 5) is 10.4. The summed E-state index contributed by atoms with van der Waals surface area (Å²) in [5.41, 5.74) is 6.12. The molecule has 6 heteroatoms.